The van der Waals surface area contributed by atoms with E-state index in [0.717, 1.165) is 31.0 Å². The lowest BCUT2D eigenvalue weighted by atomic mass is 9.84. The van der Waals surface area contributed by atoms with Gasteiger partial charge in [-0.15, -0.1) is 0 Å². The molecule has 0 radical (unpaired) electrons. The summed E-state index contributed by atoms with van der Waals surface area (Å²) in [5, 5.41) is 0. The van der Waals surface area contributed by atoms with Crippen molar-refractivity contribution < 1.29 is 4.74 Å². The molecule has 2 heteroatoms. The van der Waals surface area contributed by atoms with Crippen molar-refractivity contribution in [3.63, 3.8) is 0 Å². The quantitative estimate of drug-likeness (QED) is 0.696. The Bertz CT molecular complexity index is 170. The highest BCUT2D eigenvalue weighted by Crippen LogP contribution is 2.28. The molecule has 0 spiro atoms. The summed E-state index contributed by atoms with van der Waals surface area (Å²) in [4.78, 5) is 2.60. The smallest absolute Gasteiger partial charge is 0.0589 e. The highest BCUT2D eigenvalue weighted by molar-refractivity contribution is 4.81. The standard InChI is InChI=1S/C13H27NO/c1-11(2)10-13-6-5-7-14(12(13)3)8-9-15-4/h11-13H,5-10H2,1-4H3/t12-,13-/m0/s1. The fraction of sp³-hybridized carbons (Fsp3) is 1.00. The third-order valence-corrected chi connectivity index (χ3v) is 3.64. The van der Waals surface area contributed by atoms with Crippen LogP contribution in [0.5, 0.6) is 0 Å². The summed E-state index contributed by atoms with van der Waals surface area (Å²) in [6.45, 7) is 10.3. The molecule has 1 aliphatic heterocycles. The van der Waals surface area contributed by atoms with Gasteiger partial charge in [-0.3, -0.25) is 4.90 Å². The topological polar surface area (TPSA) is 12.5 Å². The molecule has 0 unspecified atom stereocenters. The van der Waals surface area contributed by atoms with Crippen molar-refractivity contribution in [1.29, 1.82) is 0 Å². The Morgan fingerprint density at radius 3 is 2.73 bits per heavy atom. The predicted molar refractivity (Wildman–Crippen MR) is 65.1 cm³/mol. The first-order chi connectivity index (χ1) is 7.15. The molecule has 1 saturated heterocycles. The number of likely N-dealkylation sites (tertiary alicyclic amines) is 1. The van der Waals surface area contributed by atoms with Crippen LogP contribution < -0.4 is 0 Å². The van der Waals surface area contributed by atoms with Crippen LogP contribution in [0.4, 0.5) is 0 Å². The molecular weight excluding hydrogens is 186 g/mol. The first-order valence-electron chi connectivity index (χ1n) is 6.38. The molecule has 0 aromatic heterocycles. The summed E-state index contributed by atoms with van der Waals surface area (Å²) in [6, 6.07) is 0.747. The molecular formula is C13H27NO. The maximum Gasteiger partial charge on any atom is 0.0589 e. The highest BCUT2D eigenvalue weighted by Gasteiger charge is 2.27. The Morgan fingerprint density at radius 2 is 2.13 bits per heavy atom. The van der Waals surface area contributed by atoms with Gasteiger partial charge in [-0.25, -0.2) is 0 Å². The summed E-state index contributed by atoms with van der Waals surface area (Å²) < 4.78 is 5.17. The number of hydrogen-bond donors (Lipinski definition) is 0. The average molecular weight is 213 g/mol. The Morgan fingerprint density at radius 1 is 1.40 bits per heavy atom. The van der Waals surface area contributed by atoms with Crippen LogP contribution >= 0.6 is 0 Å². The van der Waals surface area contributed by atoms with E-state index in [1.165, 1.54) is 25.8 Å². The second-order valence-electron chi connectivity index (χ2n) is 5.30. The van der Waals surface area contributed by atoms with Crippen LogP contribution in [0, 0.1) is 11.8 Å². The van der Waals surface area contributed by atoms with E-state index in [4.69, 9.17) is 4.74 Å². The van der Waals surface area contributed by atoms with Gasteiger partial charge in [-0.1, -0.05) is 13.8 Å². The molecule has 0 aromatic rings. The lowest BCUT2D eigenvalue weighted by molar-refractivity contribution is 0.0632. The molecule has 0 N–H and O–H groups in total. The van der Waals surface area contributed by atoms with Crippen molar-refractivity contribution in [2.75, 3.05) is 26.8 Å². The lowest BCUT2D eigenvalue weighted by Crippen LogP contribution is -2.45. The van der Waals surface area contributed by atoms with E-state index in [1.807, 2.05) is 0 Å². The van der Waals surface area contributed by atoms with Crippen molar-refractivity contribution in [1.82, 2.24) is 4.90 Å². The number of methoxy groups -OCH3 is 1. The van der Waals surface area contributed by atoms with Gasteiger partial charge in [0.15, 0.2) is 0 Å². The Kier molecular flexibility index (Phi) is 5.62. The fourth-order valence-corrected chi connectivity index (χ4v) is 2.74. The monoisotopic (exact) mass is 213 g/mol. The molecule has 0 aliphatic carbocycles. The Hall–Kier alpha value is -0.0800. The molecule has 1 rings (SSSR count). The van der Waals surface area contributed by atoms with E-state index < -0.39 is 0 Å². The van der Waals surface area contributed by atoms with Crippen molar-refractivity contribution in [3.05, 3.63) is 0 Å². The van der Waals surface area contributed by atoms with E-state index >= 15 is 0 Å². The molecule has 1 heterocycles. The van der Waals surface area contributed by atoms with Crippen LogP contribution in [-0.2, 0) is 4.74 Å². The maximum absolute atomic E-state index is 5.17. The number of piperidine rings is 1. The Balaban J connectivity index is 2.39. The molecule has 2 atom stereocenters. The number of ether oxygens (including phenoxy) is 1. The van der Waals surface area contributed by atoms with Crippen molar-refractivity contribution in [2.45, 2.75) is 46.1 Å². The molecule has 0 aromatic carbocycles. The van der Waals surface area contributed by atoms with Crippen LogP contribution in [0.2, 0.25) is 0 Å². The Labute approximate surface area is 95.0 Å². The van der Waals surface area contributed by atoms with Gasteiger partial charge in [0.25, 0.3) is 0 Å². The van der Waals surface area contributed by atoms with Crippen LogP contribution in [-0.4, -0.2) is 37.7 Å². The number of hydrogen-bond acceptors (Lipinski definition) is 2. The number of rotatable bonds is 5. The highest BCUT2D eigenvalue weighted by atomic mass is 16.5. The van der Waals surface area contributed by atoms with Gasteiger partial charge >= 0.3 is 0 Å². The third kappa shape index (κ3) is 4.12. The largest absolute Gasteiger partial charge is 0.383 e. The minimum Gasteiger partial charge on any atom is -0.383 e. The summed E-state index contributed by atoms with van der Waals surface area (Å²) in [7, 11) is 1.79. The molecule has 0 saturated carbocycles. The summed E-state index contributed by atoms with van der Waals surface area (Å²) >= 11 is 0. The van der Waals surface area contributed by atoms with Gasteiger partial charge in [0, 0.05) is 19.7 Å². The van der Waals surface area contributed by atoms with Gasteiger partial charge in [0.1, 0.15) is 0 Å². The van der Waals surface area contributed by atoms with Gasteiger partial charge in [0.2, 0.25) is 0 Å². The van der Waals surface area contributed by atoms with Crippen LogP contribution in [0.1, 0.15) is 40.0 Å². The average Bonchev–Trinajstić information content (AvgIpc) is 2.19. The first-order valence-corrected chi connectivity index (χ1v) is 6.38. The van der Waals surface area contributed by atoms with Gasteiger partial charge in [0.05, 0.1) is 6.61 Å². The van der Waals surface area contributed by atoms with Crippen molar-refractivity contribution in [2.24, 2.45) is 11.8 Å². The maximum atomic E-state index is 5.17. The van der Waals surface area contributed by atoms with E-state index in [9.17, 15) is 0 Å². The van der Waals surface area contributed by atoms with E-state index in [0.29, 0.717) is 0 Å². The summed E-state index contributed by atoms with van der Waals surface area (Å²) in [6.07, 6.45) is 4.17. The van der Waals surface area contributed by atoms with Crippen molar-refractivity contribution >= 4 is 0 Å². The van der Waals surface area contributed by atoms with E-state index in [2.05, 4.69) is 25.7 Å². The van der Waals surface area contributed by atoms with Gasteiger partial charge in [-0.05, 0) is 44.6 Å². The van der Waals surface area contributed by atoms with E-state index in [-0.39, 0.29) is 0 Å². The molecule has 0 bridgehead atoms. The van der Waals surface area contributed by atoms with Crippen LogP contribution in [0.25, 0.3) is 0 Å². The summed E-state index contributed by atoms with van der Waals surface area (Å²) in [5.41, 5.74) is 0. The van der Waals surface area contributed by atoms with Crippen molar-refractivity contribution in [3.8, 4) is 0 Å². The zero-order chi connectivity index (χ0) is 11.3. The SMILES string of the molecule is COCCN1CCC[C@@H](CC(C)C)[C@@H]1C. The molecule has 15 heavy (non-hydrogen) atoms. The second-order valence-corrected chi connectivity index (χ2v) is 5.30. The molecule has 0 amide bonds. The normalized spacial score (nSPS) is 28.6. The number of nitrogens with zero attached hydrogens (tertiary/aromatic N) is 1. The summed E-state index contributed by atoms with van der Waals surface area (Å²) in [5.74, 6) is 1.73. The third-order valence-electron chi connectivity index (χ3n) is 3.64. The lowest BCUT2D eigenvalue weighted by Gasteiger charge is -2.40. The minimum atomic E-state index is 0.747. The molecule has 1 aliphatic rings. The van der Waals surface area contributed by atoms with Crippen LogP contribution in [0.3, 0.4) is 0 Å². The fourth-order valence-electron chi connectivity index (χ4n) is 2.74. The minimum absolute atomic E-state index is 0.747. The van der Waals surface area contributed by atoms with Gasteiger partial charge < -0.3 is 4.74 Å². The zero-order valence-corrected chi connectivity index (χ0v) is 10.8. The molecule has 90 valence electrons. The van der Waals surface area contributed by atoms with Gasteiger partial charge in [-0.2, -0.15) is 0 Å². The molecule has 2 nitrogen and oxygen atoms in total. The second kappa shape index (κ2) is 6.49. The molecule has 1 fully saturated rings. The van der Waals surface area contributed by atoms with E-state index in [1.54, 1.807) is 7.11 Å². The predicted octanol–water partition coefficient (Wildman–Crippen LogP) is 2.78. The first kappa shape index (κ1) is 13.0. The van der Waals surface area contributed by atoms with Crippen LogP contribution in [0.15, 0.2) is 0 Å². The zero-order valence-electron chi connectivity index (χ0n) is 10.8.